The second-order valence-corrected chi connectivity index (χ2v) is 8.64. The average molecular weight is 457 g/mol. The Bertz CT molecular complexity index is 1210. The minimum absolute atomic E-state index is 0.154. The highest BCUT2D eigenvalue weighted by Gasteiger charge is 2.27. The molecule has 33 heavy (non-hydrogen) atoms. The summed E-state index contributed by atoms with van der Waals surface area (Å²) in [5, 5.41) is 0.659. The molecule has 166 valence electrons. The number of H-pyrrole nitrogens is 1. The summed E-state index contributed by atoms with van der Waals surface area (Å²) in [6.07, 6.45) is 0. The van der Waals surface area contributed by atoms with Gasteiger partial charge in [-0.3, -0.25) is 14.7 Å². The molecule has 1 aromatic heterocycles. The smallest absolute Gasteiger partial charge is 0.252 e. The summed E-state index contributed by atoms with van der Waals surface area (Å²) in [7, 11) is 0. The van der Waals surface area contributed by atoms with Gasteiger partial charge in [0.05, 0.1) is 11.7 Å². The van der Waals surface area contributed by atoms with Crippen LogP contribution in [0.2, 0.25) is 5.02 Å². The number of aromatic amines is 1. The highest BCUT2D eigenvalue weighted by atomic mass is 35.5. The summed E-state index contributed by atoms with van der Waals surface area (Å²) in [5.41, 5.74) is 3.94. The Hall–Kier alpha value is -3.41. The summed E-state index contributed by atoms with van der Waals surface area (Å²) in [6.45, 7) is 3.29. The van der Waals surface area contributed by atoms with Crippen molar-refractivity contribution < 1.29 is 0 Å². The molecule has 0 saturated carbocycles. The molecular formula is C27H25ClN4O. The third-order valence-electron chi connectivity index (χ3n) is 6.08. The number of rotatable bonds is 5. The van der Waals surface area contributed by atoms with E-state index in [1.807, 2.05) is 24.3 Å². The minimum Gasteiger partial charge on any atom is -0.340 e. The van der Waals surface area contributed by atoms with Crippen LogP contribution in [-0.4, -0.2) is 41.0 Å². The molecule has 5 rings (SSSR count). The van der Waals surface area contributed by atoms with E-state index in [4.69, 9.17) is 16.6 Å². The zero-order chi connectivity index (χ0) is 22.6. The van der Waals surface area contributed by atoms with Crippen molar-refractivity contribution in [3.8, 4) is 11.3 Å². The summed E-state index contributed by atoms with van der Waals surface area (Å²) in [5.74, 6) is 0.614. The minimum atomic E-state index is -0.154. The molecule has 1 N–H and O–H groups in total. The molecule has 1 aliphatic heterocycles. The lowest BCUT2D eigenvalue weighted by Gasteiger charge is -2.40. The topological polar surface area (TPSA) is 52.2 Å². The summed E-state index contributed by atoms with van der Waals surface area (Å²) in [4.78, 5) is 24.7. The van der Waals surface area contributed by atoms with Gasteiger partial charge in [-0.2, -0.15) is 0 Å². The zero-order valence-electron chi connectivity index (χ0n) is 18.2. The second-order valence-electron chi connectivity index (χ2n) is 8.21. The Balaban J connectivity index is 1.37. The highest BCUT2D eigenvalue weighted by Crippen LogP contribution is 2.30. The Morgan fingerprint density at radius 2 is 1.36 bits per heavy atom. The van der Waals surface area contributed by atoms with Crippen molar-refractivity contribution in [3.05, 3.63) is 117 Å². The average Bonchev–Trinajstić information content (AvgIpc) is 2.86. The van der Waals surface area contributed by atoms with Gasteiger partial charge in [-0.15, -0.1) is 0 Å². The van der Waals surface area contributed by atoms with Gasteiger partial charge in [0, 0.05) is 42.8 Å². The normalized spacial score (nSPS) is 14.5. The Morgan fingerprint density at radius 3 is 1.94 bits per heavy atom. The fraction of sp³-hybridized carbons (Fsp3) is 0.185. The lowest BCUT2D eigenvalue weighted by Crippen LogP contribution is -2.48. The van der Waals surface area contributed by atoms with Crippen molar-refractivity contribution in [3.63, 3.8) is 0 Å². The number of nitrogens with one attached hydrogen (secondary N) is 1. The Morgan fingerprint density at radius 1 is 0.788 bits per heavy atom. The first-order chi connectivity index (χ1) is 16.2. The molecule has 4 aromatic rings. The van der Waals surface area contributed by atoms with E-state index >= 15 is 0 Å². The lowest BCUT2D eigenvalue weighted by molar-refractivity contribution is 0.211. The van der Waals surface area contributed by atoms with Crippen LogP contribution in [0.15, 0.2) is 95.8 Å². The molecule has 2 heterocycles. The van der Waals surface area contributed by atoms with Crippen LogP contribution in [0.1, 0.15) is 17.2 Å². The van der Waals surface area contributed by atoms with Gasteiger partial charge in [-0.25, -0.2) is 4.98 Å². The maximum atomic E-state index is 12.4. The maximum Gasteiger partial charge on any atom is 0.252 e. The fourth-order valence-electron chi connectivity index (χ4n) is 4.44. The number of benzene rings is 3. The summed E-state index contributed by atoms with van der Waals surface area (Å²) < 4.78 is 0. The number of halogens is 1. The van der Waals surface area contributed by atoms with E-state index in [9.17, 15) is 4.79 Å². The van der Waals surface area contributed by atoms with E-state index in [2.05, 4.69) is 75.4 Å². The van der Waals surface area contributed by atoms with Crippen molar-refractivity contribution in [2.24, 2.45) is 0 Å². The first-order valence-corrected chi connectivity index (χ1v) is 11.5. The molecule has 1 aliphatic rings. The van der Waals surface area contributed by atoms with E-state index in [-0.39, 0.29) is 11.6 Å². The quantitative estimate of drug-likeness (QED) is 0.459. The van der Waals surface area contributed by atoms with Gasteiger partial charge in [0.15, 0.2) is 0 Å². The van der Waals surface area contributed by atoms with Crippen molar-refractivity contribution in [2.75, 3.05) is 31.1 Å². The van der Waals surface area contributed by atoms with E-state index in [1.54, 1.807) is 0 Å². The van der Waals surface area contributed by atoms with Gasteiger partial charge in [-0.05, 0) is 23.3 Å². The highest BCUT2D eigenvalue weighted by molar-refractivity contribution is 6.30. The number of anilines is 1. The molecule has 3 aromatic carbocycles. The number of piperazine rings is 1. The molecular weight excluding hydrogens is 432 g/mol. The van der Waals surface area contributed by atoms with E-state index in [0.29, 0.717) is 16.7 Å². The van der Waals surface area contributed by atoms with Crippen LogP contribution in [0.3, 0.4) is 0 Å². The molecule has 6 heteroatoms. The van der Waals surface area contributed by atoms with Gasteiger partial charge >= 0.3 is 0 Å². The van der Waals surface area contributed by atoms with Crippen LogP contribution < -0.4 is 10.5 Å². The molecule has 0 bridgehead atoms. The molecule has 0 aliphatic carbocycles. The molecule has 0 spiro atoms. The lowest BCUT2D eigenvalue weighted by atomic mass is 9.96. The molecule has 0 amide bonds. The monoisotopic (exact) mass is 456 g/mol. The van der Waals surface area contributed by atoms with Gasteiger partial charge < -0.3 is 4.90 Å². The Labute approximate surface area is 198 Å². The summed E-state index contributed by atoms with van der Waals surface area (Å²) >= 11 is 6.01. The predicted molar refractivity (Wildman–Crippen MR) is 134 cm³/mol. The van der Waals surface area contributed by atoms with Crippen molar-refractivity contribution >= 4 is 17.5 Å². The summed E-state index contributed by atoms with van der Waals surface area (Å²) in [6, 6.07) is 30.4. The SMILES string of the molecule is O=c1cc(-c2ccc(Cl)cc2)nc(N2CCN(C(c3ccccc3)c3ccccc3)CC2)[nH]1. The zero-order valence-corrected chi connectivity index (χ0v) is 18.9. The number of aromatic nitrogens is 2. The van der Waals surface area contributed by atoms with Crippen LogP contribution in [-0.2, 0) is 0 Å². The van der Waals surface area contributed by atoms with Crippen LogP contribution in [0.5, 0.6) is 0 Å². The van der Waals surface area contributed by atoms with Crippen molar-refractivity contribution in [1.29, 1.82) is 0 Å². The van der Waals surface area contributed by atoms with Crippen LogP contribution in [0.25, 0.3) is 11.3 Å². The van der Waals surface area contributed by atoms with Crippen molar-refractivity contribution in [1.82, 2.24) is 14.9 Å². The van der Waals surface area contributed by atoms with E-state index in [0.717, 1.165) is 31.7 Å². The first kappa shape index (κ1) is 21.4. The standard InChI is InChI=1S/C27H25ClN4O/c28-23-13-11-20(12-14-23)24-19-25(33)30-27(29-24)32-17-15-31(16-18-32)26(21-7-3-1-4-8-21)22-9-5-2-6-10-22/h1-14,19,26H,15-18H2,(H,29,30,33). The first-order valence-electron chi connectivity index (χ1n) is 11.1. The molecule has 1 saturated heterocycles. The van der Waals surface area contributed by atoms with E-state index in [1.165, 1.54) is 17.2 Å². The van der Waals surface area contributed by atoms with Gasteiger partial charge in [0.25, 0.3) is 5.56 Å². The Kier molecular flexibility index (Phi) is 6.24. The van der Waals surface area contributed by atoms with Crippen LogP contribution in [0, 0.1) is 0 Å². The third-order valence-corrected chi connectivity index (χ3v) is 6.33. The van der Waals surface area contributed by atoms with Crippen LogP contribution in [0.4, 0.5) is 5.95 Å². The molecule has 0 atom stereocenters. The number of hydrogen-bond acceptors (Lipinski definition) is 4. The maximum absolute atomic E-state index is 12.4. The molecule has 5 nitrogen and oxygen atoms in total. The predicted octanol–water partition coefficient (Wildman–Crippen LogP) is 5.00. The number of nitrogens with zero attached hydrogens (tertiary/aromatic N) is 3. The third kappa shape index (κ3) is 4.85. The van der Waals surface area contributed by atoms with Gasteiger partial charge in [-0.1, -0.05) is 84.4 Å². The van der Waals surface area contributed by atoms with Gasteiger partial charge in [0.2, 0.25) is 5.95 Å². The molecule has 0 unspecified atom stereocenters. The van der Waals surface area contributed by atoms with E-state index < -0.39 is 0 Å². The van der Waals surface area contributed by atoms with Gasteiger partial charge in [0.1, 0.15) is 0 Å². The molecule has 1 fully saturated rings. The molecule has 0 radical (unpaired) electrons. The van der Waals surface area contributed by atoms with Crippen LogP contribution >= 0.6 is 11.6 Å². The fourth-order valence-corrected chi connectivity index (χ4v) is 4.57. The largest absolute Gasteiger partial charge is 0.340 e. The van der Waals surface area contributed by atoms with Crippen molar-refractivity contribution in [2.45, 2.75) is 6.04 Å². The number of hydrogen-bond donors (Lipinski definition) is 1. The second kappa shape index (κ2) is 9.61.